The van der Waals surface area contributed by atoms with Gasteiger partial charge in [-0.25, -0.2) is 4.79 Å². The number of hydrogen-bond donors (Lipinski definition) is 1. The SMILES string of the molecule is CNC(=O)n1ccc(-c2ccc(Oc3ccccc3)cc2C)n1. The molecule has 3 rings (SSSR count). The van der Waals surface area contributed by atoms with Gasteiger partial charge in [0, 0.05) is 18.8 Å². The molecule has 0 aliphatic heterocycles. The lowest BCUT2D eigenvalue weighted by Gasteiger charge is -2.08. The number of carbonyl (C=O) groups excluding carboxylic acids is 1. The number of aromatic nitrogens is 2. The van der Waals surface area contributed by atoms with Crippen molar-refractivity contribution in [2.24, 2.45) is 0 Å². The minimum atomic E-state index is -0.266. The lowest BCUT2D eigenvalue weighted by Crippen LogP contribution is -2.24. The number of carbonyl (C=O) groups is 1. The summed E-state index contributed by atoms with van der Waals surface area (Å²) in [6.07, 6.45) is 1.64. The van der Waals surface area contributed by atoms with Gasteiger partial charge < -0.3 is 10.1 Å². The van der Waals surface area contributed by atoms with Crippen LogP contribution in [0.25, 0.3) is 11.3 Å². The molecule has 0 unspecified atom stereocenters. The van der Waals surface area contributed by atoms with Crippen molar-refractivity contribution < 1.29 is 9.53 Å². The maximum Gasteiger partial charge on any atom is 0.341 e. The molecule has 0 saturated carbocycles. The lowest BCUT2D eigenvalue weighted by atomic mass is 10.1. The van der Waals surface area contributed by atoms with Gasteiger partial charge >= 0.3 is 6.03 Å². The first-order chi connectivity index (χ1) is 11.2. The predicted molar refractivity (Wildman–Crippen MR) is 88.8 cm³/mol. The first-order valence-electron chi connectivity index (χ1n) is 7.29. The van der Waals surface area contributed by atoms with E-state index in [0.717, 1.165) is 28.3 Å². The van der Waals surface area contributed by atoms with Crippen LogP contribution in [0.1, 0.15) is 5.56 Å². The van der Waals surface area contributed by atoms with Crippen LogP contribution >= 0.6 is 0 Å². The fourth-order valence-electron chi connectivity index (χ4n) is 2.31. The molecule has 0 atom stereocenters. The molecule has 0 saturated heterocycles. The molecule has 0 radical (unpaired) electrons. The molecule has 5 heteroatoms. The number of benzene rings is 2. The molecule has 23 heavy (non-hydrogen) atoms. The monoisotopic (exact) mass is 307 g/mol. The first kappa shape index (κ1) is 14.8. The lowest BCUT2D eigenvalue weighted by molar-refractivity contribution is 0.241. The average molecular weight is 307 g/mol. The van der Waals surface area contributed by atoms with Gasteiger partial charge in [0.05, 0.1) is 5.69 Å². The van der Waals surface area contributed by atoms with E-state index in [-0.39, 0.29) is 6.03 Å². The smallest absolute Gasteiger partial charge is 0.341 e. The Labute approximate surface area is 134 Å². The third kappa shape index (κ3) is 3.23. The second-order valence-electron chi connectivity index (χ2n) is 5.09. The maximum atomic E-state index is 11.6. The second-order valence-corrected chi connectivity index (χ2v) is 5.09. The van der Waals surface area contributed by atoms with Crippen LogP contribution < -0.4 is 10.1 Å². The van der Waals surface area contributed by atoms with E-state index in [0.29, 0.717) is 0 Å². The number of amides is 1. The summed E-state index contributed by atoms with van der Waals surface area (Å²) in [4.78, 5) is 11.6. The summed E-state index contributed by atoms with van der Waals surface area (Å²) in [5, 5.41) is 6.83. The summed E-state index contributed by atoms with van der Waals surface area (Å²) < 4.78 is 7.10. The van der Waals surface area contributed by atoms with E-state index < -0.39 is 0 Å². The van der Waals surface area contributed by atoms with Crippen LogP contribution in [0.3, 0.4) is 0 Å². The van der Waals surface area contributed by atoms with Gasteiger partial charge in [-0.05, 0) is 48.9 Å². The fourth-order valence-corrected chi connectivity index (χ4v) is 2.31. The van der Waals surface area contributed by atoms with Crippen molar-refractivity contribution in [1.29, 1.82) is 0 Å². The van der Waals surface area contributed by atoms with E-state index >= 15 is 0 Å². The van der Waals surface area contributed by atoms with Crippen LogP contribution in [0.5, 0.6) is 11.5 Å². The van der Waals surface area contributed by atoms with Gasteiger partial charge in [0.1, 0.15) is 11.5 Å². The molecular weight excluding hydrogens is 290 g/mol. The zero-order valence-electron chi connectivity index (χ0n) is 13.0. The van der Waals surface area contributed by atoms with Gasteiger partial charge in [-0.15, -0.1) is 0 Å². The highest BCUT2D eigenvalue weighted by Gasteiger charge is 2.10. The molecule has 1 amide bonds. The molecule has 1 aromatic heterocycles. The number of nitrogens with zero attached hydrogens (tertiary/aromatic N) is 2. The van der Waals surface area contributed by atoms with E-state index in [2.05, 4.69) is 10.4 Å². The maximum absolute atomic E-state index is 11.6. The fraction of sp³-hybridized carbons (Fsp3) is 0.111. The molecule has 0 fully saturated rings. The number of rotatable bonds is 3. The molecule has 0 aliphatic carbocycles. The highest BCUT2D eigenvalue weighted by molar-refractivity contribution is 5.76. The molecule has 1 N–H and O–H groups in total. The summed E-state index contributed by atoms with van der Waals surface area (Å²) in [6.45, 7) is 1.99. The highest BCUT2D eigenvalue weighted by Crippen LogP contribution is 2.28. The Kier molecular flexibility index (Phi) is 4.10. The number of para-hydroxylation sites is 1. The Bertz CT molecular complexity index is 825. The molecule has 0 spiro atoms. The first-order valence-corrected chi connectivity index (χ1v) is 7.29. The van der Waals surface area contributed by atoms with Crippen molar-refractivity contribution in [2.75, 3.05) is 7.05 Å². The zero-order valence-corrected chi connectivity index (χ0v) is 13.0. The van der Waals surface area contributed by atoms with Crippen molar-refractivity contribution in [2.45, 2.75) is 6.92 Å². The minimum Gasteiger partial charge on any atom is -0.457 e. The normalized spacial score (nSPS) is 10.3. The Morgan fingerprint density at radius 1 is 1.09 bits per heavy atom. The summed E-state index contributed by atoms with van der Waals surface area (Å²) in [6, 6.07) is 17.0. The Balaban J connectivity index is 1.85. The molecule has 2 aromatic carbocycles. The molecule has 0 aliphatic rings. The Morgan fingerprint density at radius 2 is 1.87 bits per heavy atom. The van der Waals surface area contributed by atoms with Crippen molar-refractivity contribution in [3.8, 4) is 22.8 Å². The van der Waals surface area contributed by atoms with Gasteiger partial charge in [-0.3, -0.25) is 0 Å². The summed E-state index contributed by atoms with van der Waals surface area (Å²) in [5.74, 6) is 1.56. The van der Waals surface area contributed by atoms with Gasteiger partial charge in [0.25, 0.3) is 0 Å². The predicted octanol–water partition coefficient (Wildman–Crippen LogP) is 3.84. The van der Waals surface area contributed by atoms with Gasteiger partial charge in [-0.1, -0.05) is 18.2 Å². The standard InChI is InChI=1S/C18H17N3O2/c1-13-12-15(23-14-6-4-3-5-7-14)8-9-16(13)17-10-11-21(20-17)18(22)19-2/h3-12H,1-2H3,(H,19,22). The molecular formula is C18H17N3O2. The Hall–Kier alpha value is -3.08. The van der Waals surface area contributed by atoms with Crippen molar-refractivity contribution in [3.63, 3.8) is 0 Å². The molecule has 3 aromatic rings. The van der Waals surface area contributed by atoms with E-state index in [1.165, 1.54) is 4.68 Å². The Morgan fingerprint density at radius 3 is 2.57 bits per heavy atom. The van der Waals surface area contributed by atoms with Gasteiger partial charge in [0.15, 0.2) is 0 Å². The van der Waals surface area contributed by atoms with Crippen LogP contribution in [0.2, 0.25) is 0 Å². The third-order valence-corrected chi connectivity index (χ3v) is 3.46. The van der Waals surface area contributed by atoms with Crippen LogP contribution in [-0.4, -0.2) is 22.9 Å². The molecule has 5 nitrogen and oxygen atoms in total. The van der Waals surface area contributed by atoms with Crippen LogP contribution in [-0.2, 0) is 0 Å². The van der Waals surface area contributed by atoms with Crippen molar-refractivity contribution in [1.82, 2.24) is 15.1 Å². The third-order valence-electron chi connectivity index (χ3n) is 3.46. The highest BCUT2D eigenvalue weighted by atomic mass is 16.5. The largest absolute Gasteiger partial charge is 0.457 e. The van der Waals surface area contributed by atoms with E-state index in [9.17, 15) is 4.79 Å². The molecule has 116 valence electrons. The number of nitrogens with one attached hydrogen (secondary N) is 1. The van der Waals surface area contributed by atoms with E-state index in [1.54, 1.807) is 13.2 Å². The van der Waals surface area contributed by atoms with Gasteiger partial charge in [-0.2, -0.15) is 9.78 Å². The number of ether oxygens (including phenoxy) is 1. The molecule has 0 bridgehead atoms. The van der Waals surface area contributed by atoms with Crippen LogP contribution in [0.4, 0.5) is 4.79 Å². The second kappa shape index (κ2) is 6.36. The van der Waals surface area contributed by atoms with E-state index in [1.807, 2.05) is 61.5 Å². The quantitative estimate of drug-likeness (QED) is 0.800. The van der Waals surface area contributed by atoms with Crippen molar-refractivity contribution in [3.05, 3.63) is 66.4 Å². The minimum absolute atomic E-state index is 0.266. The topological polar surface area (TPSA) is 56.2 Å². The molecule has 1 heterocycles. The summed E-state index contributed by atoms with van der Waals surface area (Å²) in [7, 11) is 1.57. The van der Waals surface area contributed by atoms with Crippen LogP contribution in [0.15, 0.2) is 60.8 Å². The number of hydrogen-bond acceptors (Lipinski definition) is 3. The zero-order chi connectivity index (χ0) is 16.2. The summed E-state index contributed by atoms with van der Waals surface area (Å²) >= 11 is 0. The average Bonchev–Trinajstić information content (AvgIpc) is 3.05. The van der Waals surface area contributed by atoms with Gasteiger partial charge in [0.2, 0.25) is 0 Å². The van der Waals surface area contributed by atoms with Crippen LogP contribution in [0, 0.1) is 6.92 Å². The summed E-state index contributed by atoms with van der Waals surface area (Å²) in [5.41, 5.74) is 2.74. The van der Waals surface area contributed by atoms with Crippen molar-refractivity contribution >= 4 is 6.03 Å². The van der Waals surface area contributed by atoms with E-state index in [4.69, 9.17) is 4.74 Å². The number of aryl methyl sites for hydroxylation is 1.